The van der Waals surface area contributed by atoms with Gasteiger partial charge in [-0.2, -0.15) is 13.2 Å². The number of benzene rings is 1. The molecule has 1 aromatic carbocycles. The predicted octanol–water partition coefficient (Wildman–Crippen LogP) is 3.82. The largest absolute Gasteiger partial charge is 0.407 e. The van der Waals surface area contributed by atoms with Crippen LogP contribution in [0.4, 0.5) is 13.2 Å². The molecule has 2 rings (SSSR count). The third-order valence-electron chi connectivity index (χ3n) is 4.80. The molecule has 3 unspecified atom stereocenters. The van der Waals surface area contributed by atoms with E-state index >= 15 is 0 Å². The van der Waals surface area contributed by atoms with Gasteiger partial charge in [0.15, 0.2) is 0 Å². The number of nitrogens with one attached hydrogen (secondary N) is 2. The van der Waals surface area contributed by atoms with E-state index < -0.39 is 12.2 Å². The summed E-state index contributed by atoms with van der Waals surface area (Å²) in [7, 11) is 0. The Morgan fingerprint density at radius 1 is 1.17 bits per heavy atom. The van der Waals surface area contributed by atoms with Crippen molar-refractivity contribution in [3.63, 3.8) is 0 Å². The summed E-state index contributed by atoms with van der Waals surface area (Å²) in [6.45, 7) is 3.81. The molecule has 1 aliphatic rings. The number of hydrogen-bond acceptors (Lipinski definition) is 2. The molecular weight excluding hydrogens is 317 g/mol. The first kappa shape index (κ1) is 18.8. The molecule has 24 heavy (non-hydrogen) atoms. The minimum Gasteiger partial charge on any atom is -0.352 e. The zero-order valence-corrected chi connectivity index (χ0v) is 14.1. The number of amides is 1. The maximum atomic E-state index is 13.2. The van der Waals surface area contributed by atoms with Gasteiger partial charge in [0.2, 0.25) is 5.91 Å². The molecule has 1 saturated carbocycles. The summed E-state index contributed by atoms with van der Waals surface area (Å²) >= 11 is 0. The number of carbonyl (C=O) groups is 1. The first-order chi connectivity index (χ1) is 11.3. The van der Waals surface area contributed by atoms with Crippen LogP contribution in [0.3, 0.4) is 0 Å². The van der Waals surface area contributed by atoms with Crippen LogP contribution in [0, 0.1) is 11.8 Å². The van der Waals surface area contributed by atoms with Gasteiger partial charge in [-0.25, -0.2) is 0 Å². The molecule has 1 aromatic rings. The Kier molecular flexibility index (Phi) is 6.27. The highest BCUT2D eigenvalue weighted by Gasteiger charge is 2.40. The summed E-state index contributed by atoms with van der Waals surface area (Å²) in [6.07, 6.45) is -1.24. The first-order valence-electron chi connectivity index (χ1n) is 8.43. The Bertz CT molecular complexity index is 523. The van der Waals surface area contributed by atoms with E-state index in [4.69, 9.17) is 0 Å². The van der Waals surface area contributed by atoms with Crippen molar-refractivity contribution in [1.82, 2.24) is 10.6 Å². The molecule has 0 saturated heterocycles. The molecule has 0 aromatic heterocycles. The van der Waals surface area contributed by atoms with Gasteiger partial charge in [-0.05, 0) is 30.2 Å². The van der Waals surface area contributed by atoms with Crippen molar-refractivity contribution in [3.8, 4) is 0 Å². The summed E-state index contributed by atoms with van der Waals surface area (Å²) in [5, 5.41) is 5.27. The Labute approximate surface area is 141 Å². The standard InChI is InChI=1S/C18H25F3N2O/c1-12-7-6-8-13(2)16(12)23-15(24)11-22-17(18(19,20)21)14-9-4-3-5-10-14/h3-5,9-10,12-13,16-17,22H,6-8,11H2,1-2H3,(H,23,24). The SMILES string of the molecule is CC1CCCC(C)C1NC(=O)CNC(c1ccccc1)C(F)(F)F. The predicted molar refractivity (Wildman–Crippen MR) is 87.4 cm³/mol. The lowest BCUT2D eigenvalue weighted by molar-refractivity contribution is -0.158. The fourth-order valence-electron chi connectivity index (χ4n) is 3.47. The van der Waals surface area contributed by atoms with E-state index in [1.165, 1.54) is 12.1 Å². The second kappa shape index (κ2) is 8.01. The van der Waals surface area contributed by atoms with Crippen LogP contribution in [0.2, 0.25) is 0 Å². The molecule has 6 heteroatoms. The van der Waals surface area contributed by atoms with E-state index in [-0.39, 0.29) is 24.1 Å². The van der Waals surface area contributed by atoms with Crippen molar-refractivity contribution in [1.29, 1.82) is 0 Å². The number of hydrogen-bond donors (Lipinski definition) is 2. The van der Waals surface area contributed by atoms with Crippen LogP contribution in [-0.4, -0.2) is 24.7 Å². The molecule has 1 amide bonds. The van der Waals surface area contributed by atoms with Crippen LogP contribution in [0.1, 0.15) is 44.7 Å². The van der Waals surface area contributed by atoms with E-state index in [1.54, 1.807) is 18.2 Å². The quantitative estimate of drug-likeness (QED) is 0.854. The van der Waals surface area contributed by atoms with E-state index in [9.17, 15) is 18.0 Å². The molecule has 0 radical (unpaired) electrons. The van der Waals surface area contributed by atoms with Crippen LogP contribution >= 0.6 is 0 Å². The second-order valence-corrected chi connectivity index (χ2v) is 6.74. The van der Waals surface area contributed by atoms with Gasteiger partial charge in [0.1, 0.15) is 6.04 Å². The molecule has 0 spiro atoms. The third kappa shape index (κ3) is 4.97. The lowest BCUT2D eigenvalue weighted by Gasteiger charge is -2.35. The van der Waals surface area contributed by atoms with E-state index in [0.717, 1.165) is 19.3 Å². The molecule has 2 N–H and O–H groups in total. The average Bonchev–Trinajstić information content (AvgIpc) is 2.51. The molecule has 1 aliphatic carbocycles. The fraction of sp³-hybridized carbons (Fsp3) is 0.611. The Balaban J connectivity index is 1.95. The highest BCUT2D eigenvalue weighted by Crippen LogP contribution is 2.32. The van der Waals surface area contributed by atoms with Crippen molar-refractivity contribution in [2.24, 2.45) is 11.8 Å². The average molecular weight is 342 g/mol. The van der Waals surface area contributed by atoms with E-state index in [0.29, 0.717) is 11.8 Å². The number of rotatable bonds is 5. The smallest absolute Gasteiger partial charge is 0.352 e. The lowest BCUT2D eigenvalue weighted by atomic mass is 9.79. The van der Waals surface area contributed by atoms with Crippen LogP contribution in [-0.2, 0) is 4.79 Å². The molecule has 134 valence electrons. The van der Waals surface area contributed by atoms with Crippen LogP contribution in [0.5, 0.6) is 0 Å². The summed E-state index contributed by atoms with van der Waals surface area (Å²) < 4.78 is 39.7. The Hall–Kier alpha value is -1.56. The topological polar surface area (TPSA) is 41.1 Å². The van der Waals surface area contributed by atoms with Crippen molar-refractivity contribution >= 4 is 5.91 Å². The van der Waals surface area contributed by atoms with Crippen molar-refractivity contribution in [3.05, 3.63) is 35.9 Å². The highest BCUT2D eigenvalue weighted by atomic mass is 19.4. The van der Waals surface area contributed by atoms with Gasteiger partial charge in [0.25, 0.3) is 0 Å². The Morgan fingerprint density at radius 2 is 1.75 bits per heavy atom. The normalized spacial score (nSPS) is 26.0. The maximum absolute atomic E-state index is 13.2. The van der Waals surface area contributed by atoms with E-state index in [2.05, 4.69) is 24.5 Å². The molecule has 3 nitrogen and oxygen atoms in total. The highest BCUT2D eigenvalue weighted by molar-refractivity contribution is 5.78. The van der Waals surface area contributed by atoms with Crippen molar-refractivity contribution in [2.45, 2.75) is 51.4 Å². The molecule has 0 heterocycles. The summed E-state index contributed by atoms with van der Waals surface area (Å²) in [6, 6.07) is 5.79. The van der Waals surface area contributed by atoms with Gasteiger partial charge < -0.3 is 5.32 Å². The van der Waals surface area contributed by atoms with Gasteiger partial charge in [0, 0.05) is 6.04 Å². The summed E-state index contributed by atoms with van der Waals surface area (Å²) in [5.74, 6) is 0.321. The van der Waals surface area contributed by atoms with Crippen LogP contribution < -0.4 is 10.6 Å². The molecule has 3 atom stereocenters. The van der Waals surface area contributed by atoms with Crippen molar-refractivity contribution < 1.29 is 18.0 Å². The molecular formula is C18H25F3N2O. The third-order valence-corrected chi connectivity index (χ3v) is 4.80. The van der Waals surface area contributed by atoms with E-state index in [1.807, 2.05) is 0 Å². The zero-order chi connectivity index (χ0) is 17.7. The molecule has 1 fully saturated rings. The Morgan fingerprint density at radius 3 is 2.29 bits per heavy atom. The van der Waals surface area contributed by atoms with Gasteiger partial charge in [0.05, 0.1) is 6.54 Å². The van der Waals surface area contributed by atoms with Crippen LogP contribution in [0.25, 0.3) is 0 Å². The fourth-order valence-corrected chi connectivity index (χ4v) is 3.47. The molecule has 0 bridgehead atoms. The minimum absolute atomic E-state index is 0.0362. The van der Waals surface area contributed by atoms with Gasteiger partial charge in [-0.1, -0.05) is 50.6 Å². The van der Waals surface area contributed by atoms with Crippen molar-refractivity contribution in [2.75, 3.05) is 6.54 Å². The summed E-state index contributed by atoms with van der Waals surface area (Å²) in [5.41, 5.74) is 0.109. The number of alkyl halides is 3. The second-order valence-electron chi connectivity index (χ2n) is 6.74. The first-order valence-corrected chi connectivity index (χ1v) is 8.43. The zero-order valence-electron chi connectivity index (χ0n) is 14.1. The summed E-state index contributed by atoms with van der Waals surface area (Å²) in [4.78, 5) is 12.1. The van der Waals surface area contributed by atoms with Gasteiger partial charge in [-0.15, -0.1) is 0 Å². The monoisotopic (exact) mass is 342 g/mol. The molecule has 0 aliphatic heterocycles. The minimum atomic E-state index is -4.45. The van der Waals surface area contributed by atoms with Gasteiger partial charge in [-0.3, -0.25) is 10.1 Å². The van der Waals surface area contributed by atoms with Gasteiger partial charge >= 0.3 is 6.18 Å². The maximum Gasteiger partial charge on any atom is 0.407 e. The number of carbonyl (C=O) groups excluding carboxylic acids is 1. The van der Waals surface area contributed by atoms with Crippen LogP contribution in [0.15, 0.2) is 30.3 Å². The lowest BCUT2D eigenvalue weighted by Crippen LogP contribution is -2.49. The number of halogens is 3.